The van der Waals surface area contributed by atoms with Crippen LogP contribution in [0, 0.1) is 5.92 Å². The standard InChI is InChI=1S/C21H25N5O4S.C3H4O4/c22-31(28,29)30-11-14-9-15(10-19(14)27)26-8-7-17-20(23-12-24-21(17)26)25-18-6-5-13-3-1-2-4-16(13)18;4-2(5)1-3(6)7/h1-4,7-8,12,14-15,18-19,27H,5-6,9-11H2,(H2,22,28,29)(H,23,24,25);1H2,(H,4,5)(H,6,7)/t14-,15+,18-,19-;/m0./s1. The second-order valence-electron chi connectivity index (χ2n) is 9.31. The van der Waals surface area contributed by atoms with Gasteiger partial charge in [-0.05, 0) is 42.9 Å². The zero-order valence-electron chi connectivity index (χ0n) is 20.3. The topological polar surface area (TPSA) is 207 Å². The SMILES string of the molecule is NS(=O)(=O)OC[C@@H]1C[C@@H](n2ccc3c(N[C@H]4CCc5ccccc54)ncnc32)C[C@@H]1O.O=C(O)CC(=O)O. The predicted octanol–water partition coefficient (Wildman–Crippen LogP) is 1.61. The van der Waals surface area contributed by atoms with Crippen LogP contribution >= 0.6 is 0 Å². The van der Waals surface area contributed by atoms with E-state index in [1.807, 2.05) is 16.8 Å². The highest BCUT2D eigenvalue weighted by Crippen LogP contribution is 2.39. The minimum atomic E-state index is -4.03. The minimum absolute atomic E-state index is 0.0171. The lowest BCUT2D eigenvalue weighted by Gasteiger charge is -2.16. The molecule has 0 bridgehead atoms. The van der Waals surface area contributed by atoms with Gasteiger partial charge in [0.25, 0.3) is 0 Å². The Kier molecular flexibility index (Phi) is 8.26. The van der Waals surface area contributed by atoms with Crippen molar-refractivity contribution in [3.05, 3.63) is 54.0 Å². The Morgan fingerprint density at radius 1 is 1.13 bits per heavy atom. The first-order valence-corrected chi connectivity index (χ1v) is 13.4. The molecule has 2 aliphatic rings. The lowest BCUT2D eigenvalue weighted by atomic mass is 10.1. The largest absolute Gasteiger partial charge is 0.481 e. The Bertz CT molecular complexity index is 1410. The van der Waals surface area contributed by atoms with Crippen LogP contribution in [-0.2, 0) is 30.5 Å². The van der Waals surface area contributed by atoms with Gasteiger partial charge in [0, 0.05) is 18.2 Å². The summed E-state index contributed by atoms with van der Waals surface area (Å²) < 4.78 is 28.9. The Balaban J connectivity index is 0.000000426. The normalized spacial score (nSPS) is 22.5. The molecular weight excluding hydrogens is 518 g/mol. The third kappa shape index (κ3) is 6.64. The molecule has 3 aromatic rings. The molecule has 13 nitrogen and oxygen atoms in total. The van der Waals surface area contributed by atoms with Gasteiger partial charge in [0.15, 0.2) is 0 Å². The fourth-order valence-corrected chi connectivity index (χ4v) is 5.41. The fraction of sp³-hybridized carbons (Fsp3) is 0.417. The number of hydrogen-bond acceptors (Lipinski definition) is 9. The van der Waals surface area contributed by atoms with Crippen molar-refractivity contribution in [2.75, 3.05) is 11.9 Å². The maximum atomic E-state index is 11.1. The lowest BCUT2D eigenvalue weighted by Crippen LogP contribution is -2.24. The molecule has 1 aromatic carbocycles. The molecule has 6 N–H and O–H groups in total. The highest BCUT2D eigenvalue weighted by atomic mass is 32.2. The molecular formula is C24H29N5O8S. The van der Waals surface area contributed by atoms with Gasteiger partial charge in [-0.25, -0.2) is 15.1 Å². The molecule has 0 aliphatic heterocycles. The van der Waals surface area contributed by atoms with Crippen molar-refractivity contribution in [3.63, 3.8) is 0 Å². The summed E-state index contributed by atoms with van der Waals surface area (Å²) >= 11 is 0. The van der Waals surface area contributed by atoms with E-state index in [1.54, 1.807) is 6.33 Å². The average molecular weight is 548 g/mol. The highest BCUT2D eigenvalue weighted by molar-refractivity contribution is 7.84. The Labute approximate surface area is 218 Å². The average Bonchev–Trinajstić information content (AvgIpc) is 3.54. The first kappa shape index (κ1) is 27.4. The van der Waals surface area contributed by atoms with E-state index in [-0.39, 0.29) is 24.6 Å². The van der Waals surface area contributed by atoms with Gasteiger partial charge in [0.1, 0.15) is 24.2 Å². The number of aliphatic hydroxyl groups excluding tert-OH is 1. The molecule has 2 aliphatic carbocycles. The quantitative estimate of drug-likeness (QED) is 0.256. The number of carbonyl (C=O) groups is 2. The van der Waals surface area contributed by atoms with Crippen LogP contribution in [0.2, 0.25) is 0 Å². The molecule has 0 spiro atoms. The number of hydrogen-bond donors (Lipinski definition) is 5. The molecule has 14 heteroatoms. The molecule has 2 aromatic heterocycles. The summed E-state index contributed by atoms with van der Waals surface area (Å²) in [4.78, 5) is 27.8. The van der Waals surface area contributed by atoms with Gasteiger partial charge in [-0.15, -0.1) is 0 Å². The summed E-state index contributed by atoms with van der Waals surface area (Å²) in [7, 11) is -4.03. The monoisotopic (exact) mass is 547 g/mol. The number of nitrogens with two attached hydrogens (primary N) is 1. The molecule has 2 heterocycles. The molecule has 0 radical (unpaired) electrons. The highest BCUT2D eigenvalue weighted by Gasteiger charge is 2.35. The van der Waals surface area contributed by atoms with Crippen molar-refractivity contribution >= 4 is 39.1 Å². The van der Waals surface area contributed by atoms with Crippen LogP contribution in [-0.4, -0.2) is 62.9 Å². The minimum Gasteiger partial charge on any atom is -0.481 e. The number of aliphatic hydroxyl groups is 1. The van der Waals surface area contributed by atoms with E-state index in [0.29, 0.717) is 12.8 Å². The number of rotatable bonds is 8. The molecule has 38 heavy (non-hydrogen) atoms. The maximum Gasteiger partial charge on any atom is 0.333 e. The zero-order valence-corrected chi connectivity index (χ0v) is 21.1. The van der Waals surface area contributed by atoms with E-state index < -0.39 is 34.8 Å². The molecule has 1 saturated carbocycles. The third-order valence-electron chi connectivity index (χ3n) is 6.73. The van der Waals surface area contributed by atoms with Crippen LogP contribution < -0.4 is 10.5 Å². The van der Waals surface area contributed by atoms with E-state index in [2.05, 4.69) is 39.6 Å². The number of benzene rings is 1. The van der Waals surface area contributed by atoms with Gasteiger partial charge < -0.3 is 25.2 Å². The van der Waals surface area contributed by atoms with E-state index in [0.717, 1.165) is 29.7 Å². The zero-order chi connectivity index (χ0) is 27.4. The number of fused-ring (bicyclic) bond motifs is 2. The number of nitrogens with zero attached hydrogens (tertiary/aromatic N) is 3. The number of aliphatic carboxylic acids is 2. The second kappa shape index (κ2) is 11.4. The van der Waals surface area contributed by atoms with E-state index in [9.17, 15) is 23.1 Å². The van der Waals surface area contributed by atoms with Gasteiger partial charge in [-0.2, -0.15) is 8.42 Å². The van der Waals surface area contributed by atoms with E-state index in [4.69, 9.17) is 19.5 Å². The van der Waals surface area contributed by atoms with Crippen molar-refractivity contribution in [2.45, 2.75) is 50.3 Å². The molecule has 0 saturated heterocycles. The Morgan fingerprint density at radius 3 is 2.55 bits per heavy atom. The maximum absolute atomic E-state index is 11.1. The van der Waals surface area contributed by atoms with Gasteiger partial charge in [0.05, 0.1) is 24.1 Å². The van der Waals surface area contributed by atoms with E-state index >= 15 is 0 Å². The molecule has 0 unspecified atom stereocenters. The lowest BCUT2D eigenvalue weighted by molar-refractivity contribution is -0.147. The number of carboxylic acids is 2. The van der Waals surface area contributed by atoms with Crippen molar-refractivity contribution in [1.29, 1.82) is 0 Å². The molecule has 5 rings (SSSR count). The number of carboxylic acid groups (broad SMARTS) is 2. The van der Waals surface area contributed by atoms with Crippen LogP contribution in [0.5, 0.6) is 0 Å². The Morgan fingerprint density at radius 2 is 1.87 bits per heavy atom. The summed E-state index contributed by atoms with van der Waals surface area (Å²) in [5.41, 5.74) is 3.47. The number of aromatic nitrogens is 3. The summed E-state index contributed by atoms with van der Waals surface area (Å²) in [6.45, 7) is -0.126. The molecule has 4 atom stereocenters. The fourth-order valence-electron chi connectivity index (χ4n) is 5.04. The molecule has 1 fully saturated rings. The third-order valence-corrected chi connectivity index (χ3v) is 7.19. The van der Waals surface area contributed by atoms with Crippen molar-refractivity contribution in [1.82, 2.24) is 14.5 Å². The van der Waals surface area contributed by atoms with Crippen LogP contribution in [0.25, 0.3) is 11.0 Å². The van der Waals surface area contributed by atoms with Crippen LogP contribution in [0.3, 0.4) is 0 Å². The summed E-state index contributed by atoms with van der Waals surface area (Å²) in [6.07, 6.45) is 5.16. The first-order valence-electron chi connectivity index (χ1n) is 12.0. The molecule has 204 valence electrons. The number of aryl methyl sites for hydroxylation is 1. The van der Waals surface area contributed by atoms with Gasteiger partial charge in [-0.3, -0.25) is 13.8 Å². The van der Waals surface area contributed by atoms with E-state index in [1.165, 1.54) is 11.1 Å². The summed E-state index contributed by atoms with van der Waals surface area (Å²) in [6, 6.07) is 10.6. The smallest absolute Gasteiger partial charge is 0.333 e. The number of anilines is 1. The van der Waals surface area contributed by atoms with Crippen molar-refractivity contribution in [2.24, 2.45) is 11.1 Å². The summed E-state index contributed by atoms with van der Waals surface area (Å²) in [5.74, 6) is -2.15. The van der Waals surface area contributed by atoms with Gasteiger partial charge in [-0.1, -0.05) is 24.3 Å². The second-order valence-corrected chi connectivity index (χ2v) is 10.5. The first-order chi connectivity index (χ1) is 18.0. The summed E-state index contributed by atoms with van der Waals surface area (Å²) in [5, 5.41) is 35.2. The van der Waals surface area contributed by atoms with Gasteiger partial charge >= 0.3 is 22.2 Å². The van der Waals surface area contributed by atoms with Crippen LogP contribution in [0.1, 0.15) is 48.9 Å². The molecule has 0 amide bonds. The van der Waals surface area contributed by atoms with Crippen LogP contribution in [0.4, 0.5) is 5.82 Å². The number of nitrogens with one attached hydrogen (secondary N) is 1. The van der Waals surface area contributed by atoms with Crippen molar-refractivity contribution < 1.29 is 37.5 Å². The Hall–Kier alpha value is -3.59. The predicted molar refractivity (Wildman–Crippen MR) is 135 cm³/mol. The van der Waals surface area contributed by atoms with Crippen molar-refractivity contribution in [3.8, 4) is 0 Å². The van der Waals surface area contributed by atoms with Crippen LogP contribution in [0.15, 0.2) is 42.9 Å². The van der Waals surface area contributed by atoms with Gasteiger partial charge in [0.2, 0.25) is 0 Å².